The Kier molecular flexibility index (Phi) is 2.72. The Bertz CT molecular complexity index is 396. The maximum absolute atomic E-state index is 11.2. The lowest BCUT2D eigenvalue weighted by Crippen LogP contribution is -2.48. The van der Waals surface area contributed by atoms with E-state index in [1.807, 2.05) is 26.0 Å². The second-order valence-corrected chi connectivity index (χ2v) is 4.41. The fourth-order valence-electron chi connectivity index (χ4n) is 2.18. The molecule has 0 aromatic heterocycles. The van der Waals surface area contributed by atoms with Gasteiger partial charge in [-0.2, -0.15) is 0 Å². The summed E-state index contributed by atoms with van der Waals surface area (Å²) < 4.78 is 10.5. The van der Waals surface area contributed by atoms with Gasteiger partial charge in [-0.3, -0.25) is 0 Å². The molecule has 86 valence electrons. The van der Waals surface area contributed by atoms with Gasteiger partial charge in [0.25, 0.3) is 0 Å². The molecule has 1 saturated heterocycles. The Labute approximate surface area is 95.4 Å². The molecule has 0 bridgehead atoms. The Balaban J connectivity index is 2.47. The summed E-state index contributed by atoms with van der Waals surface area (Å²) in [5, 5.41) is 0. The van der Waals surface area contributed by atoms with Crippen LogP contribution in [0.2, 0.25) is 0 Å². The number of benzene rings is 1. The summed E-state index contributed by atoms with van der Waals surface area (Å²) in [7, 11) is 1.66. The number of carbonyl (C=O) groups excluding carboxylic acids is 1. The average molecular weight is 220 g/mol. The molecule has 3 heteroatoms. The van der Waals surface area contributed by atoms with Gasteiger partial charge < -0.3 is 14.3 Å². The molecule has 2 rings (SSSR count). The van der Waals surface area contributed by atoms with Crippen molar-refractivity contribution >= 4 is 6.29 Å². The summed E-state index contributed by atoms with van der Waals surface area (Å²) >= 11 is 0. The summed E-state index contributed by atoms with van der Waals surface area (Å²) in [4.78, 5) is 11.2. The molecule has 0 unspecified atom stereocenters. The van der Waals surface area contributed by atoms with Crippen molar-refractivity contribution in [1.82, 2.24) is 0 Å². The largest absolute Gasteiger partial charge is 0.496 e. The standard InChI is InChI=1S/C13H16O3/c1-9-4-11(5-10(2)12(9)15-3)13(6-14)7-16-8-13/h4-6H,7-8H2,1-3H3. The molecule has 1 aromatic rings. The van der Waals surface area contributed by atoms with Gasteiger partial charge in [0.05, 0.1) is 25.7 Å². The van der Waals surface area contributed by atoms with Crippen LogP contribution in [0.25, 0.3) is 0 Å². The van der Waals surface area contributed by atoms with E-state index in [0.29, 0.717) is 13.2 Å². The number of aryl methyl sites for hydroxylation is 2. The second-order valence-electron chi connectivity index (χ2n) is 4.41. The molecule has 0 N–H and O–H groups in total. The van der Waals surface area contributed by atoms with Crippen molar-refractivity contribution in [2.24, 2.45) is 0 Å². The van der Waals surface area contributed by atoms with Crippen molar-refractivity contribution in [1.29, 1.82) is 0 Å². The lowest BCUT2D eigenvalue weighted by Gasteiger charge is -2.37. The van der Waals surface area contributed by atoms with Crippen LogP contribution >= 0.6 is 0 Å². The summed E-state index contributed by atoms with van der Waals surface area (Å²) in [6.07, 6.45) is 0.997. The van der Waals surface area contributed by atoms with Crippen LogP contribution in [-0.4, -0.2) is 26.6 Å². The van der Waals surface area contributed by atoms with E-state index in [0.717, 1.165) is 28.7 Å². The van der Waals surface area contributed by atoms with Gasteiger partial charge in [-0.15, -0.1) is 0 Å². The third-order valence-corrected chi connectivity index (χ3v) is 3.18. The average Bonchev–Trinajstić information content (AvgIpc) is 2.16. The van der Waals surface area contributed by atoms with Gasteiger partial charge in [-0.1, -0.05) is 12.1 Å². The Morgan fingerprint density at radius 2 is 1.88 bits per heavy atom. The molecular weight excluding hydrogens is 204 g/mol. The number of hydrogen-bond donors (Lipinski definition) is 0. The topological polar surface area (TPSA) is 35.5 Å². The number of hydrogen-bond acceptors (Lipinski definition) is 3. The minimum absolute atomic E-state index is 0.429. The second kappa shape index (κ2) is 3.91. The molecule has 0 aliphatic carbocycles. The molecule has 0 atom stereocenters. The molecular formula is C13H16O3. The molecule has 0 radical (unpaired) electrons. The van der Waals surface area contributed by atoms with Crippen LogP contribution < -0.4 is 4.74 Å². The number of ether oxygens (including phenoxy) is 2. The van der Waals surface area contributed by atoms with Crippen molar-refractivity contribution in [2.75, 3.05) is 20.3 Å². The van der Waals surface area contributed by atoms with E-state index in [2.05, 4.69) is 0 Å². The summed E-state index contributed by atoms with van der Waals surface area (Å²) in [5.74, 6) is 0.894. The maximum atomic E-state index is 11.2. The summed E-state index contributed by atoms with van der Waals surface area (Å²) in [6.45, 7) is 4.96. The highest BCUT2D eigenvalue weighted by Gasteiger charge is 2.40. The van der Waals surface area contributed by atoms with Crippen LogP contribution in [0.15, 0.2) is 12.1 Å². The Morgan fingerprint density at radius 3 is 2.19 bits per heavy atom. The molecule has 1 aromatic carbocycles. The zero-order valence-corrected chi connectivity index (χ0v) is 9.87. The van der Waals surface area contributed by atoms with Gasteiger partial charge >= 0.3 is 0 Å². The molecule has 1 heterocycles. The molecule has 0 amide bonds. The summed E-state index contributed by atoms with van der Waals surface area (Å²) in [6, 6.07) is 4.03. The van der Waals surface area contributed by atoms with Crippen LogP contribution in [0.4, 0.5) is 0 Å². The maximum Gasteiger partial charge on any atom is 0.135 e. The molecule has 0 spiro atoms. The number of rotatable bonds is 3. The minimum Gasteiger partial charge on any atom is -0.496 e. The van der Waals surface area contributed by atoms with Crippen molar-refractivity contribution in [3.05, 3.63) is 28.8 Å². The third-order valence-electron chi connectivity index (χ3n) is 3.18. The Morgan fingerprint density at radius 1 is 1.31 bits per heavy atom. The zero-order chi connectivity index (χ0) is 11.8. The van der Waals surface area contributed by atoms with E-state index in [9.17, 15) is 4.79 Å². The lowest BCUT2D eigenvalue weighted by atomic mass is 9.79. The van der Waals surface area contributed by atoms with Crippen molar-refractivity contribution < 1.29 is 14.3 Å². The highest BCUT2D eigenvalue weighted by atomic mass is 16.5. The molecule has 1 aliphatic heterocycles. The number of aldehydes is 1. The first-order valence-corrected chi connectivity index (χ1v) is 5.33. The Hall–Kier alpha value is -1.35. The first-order valence-electron chi connectivity index (χ1n) is 5.33. The van der Waals surface area contributed by atoms with Crippen LogP contribution in [0.5, 0.6) is 5.75 Å². The molecule has 3 nitrogen and oxygen atoms in total. The highest BCUT2D eigenvalue weighted by molar-refractivity contribution is 5.71. The molecule has 16 heavy (non-hydrogen) atoms. The SMILES string of the molecule is COc1c(C)cc(C2(C=O)COC2)cc1C. The van der Waals surface area contributed by atoms with Crippen LogP contribution in [0.3, 0.4) is 0 Å². The van der Waals surface area contributed by atoms with Crippen LogP contribution in [0, 0.1) is 13.8 Å². The quantitative estimate of drug-likeness (QED) is 0.728. The first-order chi connectivity index (χ1) is 7.63. The van der Waals surface area contributed by atoms with Gasteiger partial charge in [0.15, 0.2) is 0 Å². The van der Waals surface area contributed by atoms with Gasteiger partial charge in [0.2, 0.25) is 0 Å². The highest BCUT2D eigenvalue weighted by Crippen LogP contribution is 2.34. The predicted octanol–water partition coefficient (Wildman–Crippen LogP) is 1.78. The van der Waals surface area contributed by atoms with Crippen LogP contribution in [-0.2, 0) is 14.9 Å². The van der Waals surface area contributed by atoms with Crippen LogP contribution in [0.1, 0.15) is 16.7 Å². The zero-order valence-electron chi connectivity index (χ0n) is 9.87. The normalized spacial score (nSPS) is 17.7. The monoisotopic (exact) mass is 220 g/mol. The molecule has 1 aliphatic rings. The van der Waals surface area contributed by atoms with E-state index >= 15 is 0 Å². The third kappa shape index (κ3) is 1.52. The fourth-order valence-corrected chi connectivity index (χ4v) is 2.18. The lowest BCUT2D eigenvalue weighted by molar-refractivity contribution is -0.129. The van der Waals surface area contributed by atoms with E-state index in [1.54, 1.807) is 7.11 Å². The predicted molar refractivity (Wildman–Crippen MR) is 61.0 cm³/mol. The van der Waals surface area contributed by atoms with Crippen molar-refractivity contribution in [3.63, 3.8) is 0 Å². The van der Waals surface area contributed by atoms with Gasteiger partial charge in [0.1, 0.15) is 12.0 Å². The van der Waals surface area contributed by atoms with E-state index < -0.39 is 5.41 Å². The number of carbonyl (C=O) groups is 1. The smallest absolute Gasteiger partial charge is 0.135 e. The van der Waals surface area contributed by atoms with E-state index in [4.69, 9.17) is 9.47 Å². The van der Waals surface area contributed by atoms with E-state index in [-0.39, 0.29) is 0 Å². The minimum atomic E-state index is -0.429. The van der Waals surface area contributed by atoms with Crippen molar-refractivity contribution in [3.8, 4) is 5.75 Å². The first kappa shape index (κ1) is 11.1. The van der Waals surface area contributed by atoms with Crippen molar-refractivity contribution in [2.45, 2.75) is 19.3 Å². The molecule has 0 saturated carbocycles. The van der Waals surface area contributed by atoms with E-state index in [1.165, 1.54) is 0 Å². The van der Waals surface area contributed by atoms with Gasteiger partial charge in [-0.05, 0) is 30.5 Å². The fraction of sp³-hybridized carbons (Fsp3) is 0.462. The van der Waals surface area contributed by atoms with Gasteiger partial charge in [0, 0.05) is 0 Å². The number of methoxy groups -OCH3 is 1. The van der Waals surface area contributed by atoms with Gasteiger partial charge in [-0.25, -0.2) is 0 Å². The summed E-state index contributed by atoms with van der Waals surface area (Å²) in [5.41, 5.74) is 2.72. The molecule has 1 fully saturated rings.